The van der Waals surface area contributed by atoms with Gasteiger partial charge in [-0.1, -0.05) is 31.1 Å². The largest absolute Gasteiger partial charge is 0.420 e. The molecule has 0 bridgehead atoms. The number of hydrogen-bond donors (Lipinski definition) is 0. The molecule has 0 heterocycles. The van der Waals surface area contributed by atoms with Crippen LogP contribution in [0.5, 0.6) is 0 Å². The zero-order valence-corrected chi connectivity index (χ0v) is 11.7. The van der Waals surface area contributed by atoms with Crippen LogP contribution in [0.3, 0.4) is 0 Å². The van der Waals surface area contributed by atoms with Gasteiger partial charge in [0.25, 0.3) is 0 Å². The second-order valence-corrected chi connectivity index (χ2v) is 8.42. The van der Waals surface area contributed by atoms with Gasteiger partial charge in [0.15, 0.2) is 8.32 Å². The molecule has 0 saturated heterocycles. The summed E-state index contributed by atoms with van der Waals surface area (Å²) < 4.78 is 5.85. The van der Waals surface area contributed by atoms with E-state index in [-0.39, 0.29) is 0 Å². The molecule has 0 aliphatic heterocycles. The first-order valence-electron chi connectivity index (χ1n) is 6.12. The van der Waals surface area contributed by atoms with E-state index in [0.717, 1.165) is 18.9 Å². The highest BCUT2D eigenvalue weighted by molar-refractivity contribution is 6.74. The molecule has 0 amide bonds. The SMILES string of the molecule is C=CCCCC[Si](CC=C)(CCC=C)OC. The quantitative estimate of drug-likeness (QED) is 0.288. The van der Waals surface area contributed by atoms with Crippen molar-refractivity contribution in [3.05, 3.63) is 38.0 Å². The van der Waals surface area contributed by atoms with Crippen molar-refractivity contribution in [2.24, 2.45) is 0 Å². The summed E-state index contributed by atoms with van der Waals surface area (Å²) in [6, 6.07) is 3.47. The maximum absolute atomic E-state index is 5.85. The number of allylic oxidation sites excluding steroid dienone is 3. The predicted octanol–water partition coefficient (Wildman–Crippen LogP) is 4.70. The maximum atomic E-state index is 5.85. The van der Waals surface area contributed by atoms with Crippen molar-refractivity contribution >= 4 is 8.32 Å². The maximum Gasteiger partial charge on any atom is 0.196 e. The Morgan fingerprint density at radius 1 is 0.938 bits per heavy atom. The van der Waals surface area contributed by atoms with E-state index in [9.17, 15) is 0 Å². The highest BCUT2D eigenvalue weighted by Gasteiger charge is 2.30. The van der Waals surface area contributed by atoms with E-state index in [0.29, 0.717) is 0 Å². The first-order chi connectivity index (χ1) is 7.74. The average molecular weight is 238 g/mol. The van der Waals surface area contributed by atoms with Crippen molar-refractivity contribution in [2.75, 3.05) is 7.11 Å². The molecule has 0 spiro atoms. The van der Waals surface area contributed by atoms with Gasteiger partial charge in [0.2, 0.25) is 0 Å². The van der Waals surface area contributed by atoms with Gasteiger partial charge in [-0.3, -0.25) is 0 Å². The van der Waals surface area contributed by atoms with Gasteiger partial charge in [0.1, 0.15) is 0 Å². The van der Waals surface area contributed by atoms with Gasteiger partial charge in [0.05, 0.1) is 0 Å². The third-order valence-corrected chi connectivity index (χ3v) is 7.41. The fraction of sp³-hybridized carbons (Fsp3) is 0.571. The second-order valence-electron chi connectivity index (χ2n) is 4.24. The predicted molar refractivity (Wildman–Crippen MR) is 76.2 cm³/mol. The zero-order valence-electron chi connectivity index (χ0n) is 10.7. The molecule has 16 heavy (non-hydrogen) atoms. The lowest BCUT2D eigenvalue weighted by molar-refractivity contribution is 0.390. The average Bonchev–Trinajstić information content (AvgIpc) is 2.31. The van der Waals surface area contributed by atoms with Crippen LogP contribution in [0.25, 0.3) is 0 Å². The molecular weight excluding hydrogens is 212 g/mol. The number of hydrogen-bond acceptors (Lipinski definition) is 1. The van der Waals surface area contributed by atoms with Gasteiger partial charge in [0, 0.05) is 7.11 Å². The van der Waals surface area contributed by atoms with Crippen LogP contribution in [0, 0.1) is 0 Å². The molecule has 92 valence electrons. The fourth-order valence-electron chi connectivity index (χ4n) is 1.98. The molecule has 0 radical (unpaired) electrons. The van der Waals surface area contributed by atoms with Crippen LogP contribution in [0.2, 0.25) is 18.1 Å². The molecule has 1 nitrogen and oxygen atoms in total. The Hall–Kier alpha value is -0.603. The lowest BCUT2D eigenvalue weighted by atomic mass is 10.2. The zero-order chi connectivity index (χ0) is 12.3. The molecule has 0 aromatic rings. The minimum absolute atomic E-state index is 1.06. The summed E-state index contributed by atoms with van der Waals surface area (Å²) in [5.41, 5.74) is 0. The summed E-state index contributed by atoms with van der Waals surface area (Å²) in [5, 5.41) is 0. The van der Waals surface area contributed by atoms with Crippen molar-refractivity contribution in [1.29, 1.82) is 0 Å². The first-order valence-corrected chi connectivity index (χ1v) is 8.65. The highest BCUT2D eigenvalue weighted by Crippen LogP contribution is 2.26. The summed E-state index contributed by atoms with van der Waals surface area (Å²) >= 11 is 0. The standard InChI is InChI=1S/C14H26OSi/c1-5-8-10-11-14-16(15-4,12-7-3)13-9-6-2/h5-7H,1-3,8-14H2,4H3. The van der Waals surface area contributed by atoms with Gasteiger partial charge < -0.3 is 4.43 Å². The summed E-state index contributed by atoms with van der Waals surface area (Å²) in [6.07, 6.45) is 10.7. The van der Waals surface area contributed by atoms with Crippen LogP contribution in [0.1, 0.15) is 25.7 Å². The molecule has 0 saturated carbocycles. The van der Waals surface area contributed by atoms with Gasteiger partial charge in [-0.25, -0.2) is 0 Å². The molecule has 0 aliphatic rings. The summed E-state index contributed by atoms with van der Waals surface area (Å²) in [4.78, 5) is 0. The molecule has 0 aromatic carbocycles. The Labute approximate surface area is 102 Å². The molecule has 0 N–H and O–H groups in total. The molecule has 0 rings (SSSR count). The fourth-order valence-corrected chi connectivity index (χ4v) is 5.36. The summed E-state index contributed by atoms with van der Waals surface area (Å²) in [7, 11) is 0.303. The molecule has 0 fully saturated rings. The van der Waals surface area contributed by atoms with Crippen LogP contribution < -0.4 is 0 Å². The van der Waals surface area contributed by atoms with E-state index in [2.05, 4.69) is 19.7 Å². The molecule has 1 atom stereocenters. The van der Waals surface area contributed by atoms with Crippen LogP contribution in [0.4, 0.5) is 0 Å². The lowest BCUT2D eigenvalue weighted by Crippen LogP contribution is -2.36. The minimum Gasteiger partial charge on any atom is -0.420 e. The van der Waals surface area contributed by atoms with Crippen LogP contribution in [0.15, 0.2) is 38.0 Å². The molecule has 0 aliphatic carbocycles. The van der Waals surface area contributed by atoms with Crippen LogP contribution in [-0.2, 0) is 4.43 Å². The number of unbranched alkanes of at least 4 members (excludes halogenated alkanes) is 2. The van der Waals surface area contributed by atoms with Crippen LogP contribution in [-0.4, -0.2) is 15.4 Å². The van der Waals surface area contributed by atoms with Crippen molar-refractivity contribution < 1.29 is 4.43 Å². The van der Waals surface area contributed by atoms with Crippen molar-refractivity contribution in [1.82, 2.24) is 0 Å². The monoisotopic (exact) mass is 238 g/mol. The van der Waals surface area contributed by atoms with Crippen LogP contribution >= 0.6 is 0 Å². The highest BCUT2D eigenvalue weighted by atomic mass is 28.4. The Balaban J connectivity index is 4.18. The van der Waals surface area contributed by atoms with E-state index in [1.165, 1.54) is 24.9 Å². The van der Waals surface area contributed by atoms with E-state index >= 15 is 0 Å². The minimum atomic E-state index is -1.56. The van der Waals surface area contributed by atoms with E-state index in [4.69, 9.17) is 4.43 Å². The van der Waals surface area contributed by atoms with Gasteiger partial charge in [-0.2, -0.15) is 0 Å². The summed E-state index contributed by atoms with van der Waals surface area (Å²) in [6.45, 7) is 11.4. The van der Waals surface area contributed by atoms with E-state index in [1.54, 1.807) is 0 Å². The van der Waals surface area contributed by atoms with Crippen molar-refractivity contribution in [3.8, 4) is 0 Å². The van der Waals surface area contributed by atoms with Crippen molar-refractivity contribution in [3.63, 3.8) is 0 Å². The third-order valence-electron chi connectivity index (χ3n) is 3.04. The molecule has 1 unspecified atom stereocenters. The topological polar surface area (TPSA) is 9.23 Å². The number of rotatable bonds is 11. The molecular formula is C14H26OSi. The smallest absolute Gasteiger partial charge is 0.196 e. The van der Waals surface area contributed by atoms with Gasteiger partial charge >= 0.3 is 0 Å². The second kappa shape index (κ2) is 9.61. The molecule has 2 heteroatoms. The Morgan fingerprint density at radius 2 is 1.62 bits per heavy atom. The first kappa shape index (κ1) is 15.4. The van der Waals surface area contributed by atoms with Crippen molar-refractivity contribution in [2.45, 2.75) is 43.8 Å². The lowest BCUT2D eigenvalue weighted by Gasteiger charge is -2.28. The van der Waals surface area contributed by atoms with E-state index in [1.807, 2.05) is 25.3 Å². The van der Waals surface area contributed by atoms with Gasteiger partial charge in [-0.05, 0) is 31.0 Å². The van der Waals surface area contributed by atoms with E-state index < -0.39 is 8.32 Å². The molecule has 0 aromatic heterocycles. The summed E-state index contributed by atoms with van der Waals surface area (Å²) in [5.74, 6) is 0. The Morgan fingerprint density at radius 3 is 2.12 bits per heavy atom. The van der Waals surface area contributed by atoms with Gasteiger partial charge in [-0.15, -0.1) is 19.7 Å². The Bertz CT molecular complexity index is 213. The Kier molecular flexibility index (Phi) is 9.25. The third kappa shape index (κ3) is 6.08. The normalized spacial score (nSPS) is 14.1.